The molecule has 438 valence electrons. The van der Waals surface area contributed by atoms with E-state index in [1.807, 2.05) is 0 Å². The van der Waals surface area contributed by atoms with Crippen LogP contribution in [0.2, 0.25) is 0 Å². The SMILES string of the molecule is CC/C=C\C/C=C\C/C=C\C/C=C\C/C=C\C/C=C\C/C=C\CCCC(=O)OCC(COC(=O)CCCCCCCCCCCCCCCCCC)OC(=O)CCCC/C=C\C/C=C\C/C=C\C/C=C\C/C=C\C/C=C\CC. The molecule has 0 saturated heterocycles. The number of hydrogen-bond donors (Lipinski definition) is 0. The highest BCUT2D eigenvalue weighted by molar-refractivity contribution is 5.71. The molecular weight excluding hydrogens is 961 g/mol. The van der Waals surface area contributed by atoms with Crippen LogP contribution in [-0.2, 0) is 28.6 Å². The van der Waals surface area contributed by atoms with Crippen molar-refractivity contribution in [3.63, 3.8) is 0 Å². The molecule has 0 aromatic rings. The van der Waals surface area contributed by atoms with E-state index in [1.54, 1.807) is 0 Å². The van der Waals surface area contributed by atoms with Crippen molar-refractivity contribution in [3.8, 4) is 0 Å². The number of unbranched alkanes of at least 4 members (excludes halogenated alkanes) is 18. The van der Waals surface area contributed by atoms with Gasteiger partial charge in [0.15, 0.2) is 6.10 Å². The maximum atomic E-state index is 12.9. The number of hydrogen-bond acceptors (Lipinski definition) is 6. The molecule has 0 heterocycles. The summed E-state index contributed by atoms with van der Waals surface area (Å²) in [6, 6.07) is 0. The van der Waals surface area contributed by atoms with Crippen LogP contribution in [0, 0.1) is 0 Å². The van der Waals surface area contributed by atoms with Crippen LogP contribution >= 0.6 is 0 Å². The van der Waals surface area contributed by atoms with Gasteiger partial charge in [-0.15, -0.1) is 0 Å². The van der Waals surface area contributed by atoms with Gasteiger partial charge in [0.25, 0.3) is 0 Å². The maximum Gasteiger partial charge on any atom is 0.306 e. The quantitative estimate of drug-likeness (QED) is 0.0261. The summed E-state index contributed by atoms with van der Waals surface area (Å²) in [4.78, 5) is 38.3. The van der Waals surface area contributed by atoms with Crippen LogP contribution in [0.4, 0.5) is 0 Å². The molecule has 0 fully saturated rings. The Morgan fingerprint density at radius 1 is 0.269 bits per heavy atom. The molecule has 0 aromatic carbocycles. The van der Waals surface area contributed by atoms with E-state index in [0.29, 0.717) is 19.3 Å². The van der Waals surface area contributed by atoms with Crippen molar-refractivity contribution in [3.05, 3.63) is 158 Å². The van der Waals surface area contributed by atoms with E-state index in [-0.39, 0.29) is 44.0 Å². The first kappa shape index (κ1) is 73.0. The van der Waals surface area contributed by atoms with Crippen LogP contribution in [0.25, 0.3) is 0 Å². The zero-order valence-corrected chi connectivity index (χ0v) is 50.1. The minimum Gasteiger partial charge on any atom is -0.462 e. The molecule has 0 aliphatic rings. The number of rotatable bonds is 55. The van der Waals surface area contributed by atoms with Gasteiger partial charge in [-0.3, -0.25) is 14.4 Å². The highest BCUT2D eigenvalue weighted by Gasteiger charge is 2.19. The lowest BCUT2D eigenvalue weighted by atomic mass is 10.0. The van der Waals surface area contributed by atoms with E-state index >= 15 is 0 Å². The molecule has 0 saturated carbocycles. The van der Waals surface area contributed by atoms with E-state index in [2.05, 4.69) is 179 Å². The number of ether oxygens (including phenoxy) is 3. The molecule has 0 aliphatic carbocycles. The van der Waals surface area contributed by atoms with Crippen LogP contribution in [0.3, 0.4) is 0 Å². The normalized spacial score (nSPS) is 13.2. The lowest BCUT2D eigenvalue weighted by molar-refractivity contribution is -0.167. The van der Waals surface area contributed by atoms with E-state index in [1.165, 1.54) is 83.5 Å². The number of esters is 3. The summed E-state index contributed by atoms with van der Waals surface area (Å²) in [7, 11) is 0. The Bertz CT molecular complexity index is 1760. The first-order valence-corrected chi connectivity index (χ1v) is 31.5. The first-order valence-electron chi connectivity index (χ1n) is 31.5. The van der Waals surface area contributed by atoms with E-state index < -0.39 is 6.10 Å². The van der Waals surface area contributed by atoms with E-state index in [0.717, 1.165) is 122 Å². The molecular formula is C72H114O6. The van der Waals surface area contributed by atoms with Crippen LogP contribution in [0.5, 0.6) is 0 Å². The zero-order valence-electron chi connectivity index (χ0n) is 50.1. The van der Waals surface area contributed by atoms with Crippen LogP contribution in [0.1, 0.15) is 258 Å². The van der Waals surface area contributed by atoms with Gasteiger partial charge in [-0.2, -0.15) is 0 Å². The topological polar surface area (TPSA) is 78.9 Å². The second-order valence-corrected chi connectivity index (χ2v) is 20.2. The zero-order chi connectivity index (χ0) is 56.4. The second kappa shape index (κ2) is 64.6. The molecule has 6 nitrogen and oxygen atoms in total. The van der Waals surface area contributed by atoms with Gasteiger partial charge in [0.05, 0.1) is 0 Å². The highest BCUT2D eigenvalue weighted by Crippen LogP contribution is 2.15. The fraction of sp³-hybridized carbons (Fsp3) is 0.597. The van der Waals surface area contributed by atoms with Gasteiger partial charge in [0.2, 0.25) is 0 Å². The van der Waals surface area contributed by atoms with Gasteiger partial charge in [-0.1, -0.05) is 275 Å². The Morgan fingerprint density at radius 2 is 0.513 bits per heavy atom. The third-order valence-electron chi connectivity index (χ3n) is 12.8. The van der Waals surface area contributed by atoms with Gasteiger partial charge in [-0.05, 0) is 122 Å². The molecule has 0 N–H and O–H groups in total. The summed E-state index contributed by atoms with van der Waals surface area (Å²) in [6.07, 6.45) is 93.9. The fourth-order valence-electron chi connectivity index (χ4n) is 8.14. The monoisotopic (exact) mass is 1070 g/mol. The molecule has 1 atom stereocenters. The van der Waals surface area contributed by atoms with Crippen molar-refractivity contribution >= 4 is 17.9 Å². The van der Waals surface area contributed by atoms with Crippen molar-refractivity contribution in [2.24, 2.45) is 0 Å². The third-order valence-corrected chi connectivity index (χ3v) is 12.8. The molecule has 0 aliphatic heterocycles. The Kier molecular flexibility index (Phi) is 60.4. The van der Waals surface area contributed by atoms with Gasteiger partial charge in [0, 0.05) is 19.3 Å². The Balaban J connectivity index is 4.59. The number of carbonyl (C=O) groups excluding carboxylic acids is 3. The first-order chi connectivity index (χ1) is 38.5. The third kappa shape index (κ3) is 61.9. The second-order valence-electron chi connectivity index (χ2n) is 20.2. The van der Waals surface area contributed by atoms with Crippen LogP contribution in [0.15, 0.2) is 158 Å². The average molecular weight is 1080 g/mol. The molecule has 0 aromatic heterocycles. The van der Waals surface area contributed by atoms with Gasteiger partial charge in [0.1, 0.15) is 13.2 Å². The van der Waals surface area contributed by atoms with E-state index in [9.17, 15) is 14.4 Å². The fourth-order valence-corrected chi connectivity index (χ4v) is 8.14. The Morgan fingerprint density at radius 3 is 0.833 bits per heavy atom. The summed E-state index contributed by atoms with van der Waals surface area (Å²) in [5, 5.41) is 0. The summed E-state index contributed by atoms with van der Waals surface area (Å²) < 4.78 is 16.8. The molecule has 6 heteroatoms. The number of carbonyl (C=O) groups is 3. The van der Waals surface area contributed by atoms with E-state index in [4.69, 9.17) is 14.2 Å². The van der Waals surface area contributed by atoms with Crippen molar-refractivity contribution in [2.75, 3.05) is 13.2 Å². The molecule has 0 amide bonds. The minimum atomic E-state index is -0.833. The van der Waals surface area contributed by atoms with Crippen molar-refractivity contribution in [2.45, 2.75) is 264 Å². The van der Waals surface area contributed by atoms with Gasteiger partial charge >= 0.3 is 17.9 Å². The number of allylic oxidation sites excluding steroid dienone is 26. The Labute approximate surface area is 480 Å². The van der Waals surface area contributed by atoms with Crippen molar-refractivity contribution in [1.82, 2.24) is 0 Å². The summed E-state index contributed by atoms with van der Waals surface area (Å²) >= 11 is 0. The summed E-state index contributed by atoms with van der Waals surface area (Å²) in [5.41, 5.74) is 0. The Hall–Kier alpha value is -4.97. The summed E-state index contributed by atoms with van der Waals surface area (Å²) in [5.74, 6) is -1.03. The minimum absolute atomic E-state index is 0.118. The maximum absolute atomic E-state index is 12.9. The van der Waals surface area contributed by atoms with Crippen molar-refractivity contribution in [1.29, 1.82) is 0 Å². The predicted octanol–water partition coefficient (Wildman–Crippen LogP) is 21.7. The standard InChI is InChI=1S/C72H114O6/c1-4-7-10-13-16-19-22-25-28-31-33-35-36-38-39-41-44-47-50-53-56-59-62-65-71(74)77-68-69(67-76-70(73)64-61-58-55-52-49-46-43-30-27-24-21-18-15-12-9-6-3)78-72(75)66-63-60-57-54-51-48-45-42-40-37-34-32-29-26-23-20-17-14-11-8-5-2/h7-8,10-11,16-17,19-20,25-26,28-29,33-35,37-39,42,44-45,47,51,53-54,56,69H,4-6,9,12-15,18,21-24,27,30-32,36,40-41,43,46,48-50,52,55,57-68H2,1-3H3/b10-7-,11-8-,19-16-,20-17-,28-25-,29-26-,35-33-,37-34-,39-38-,45-42-,47-44-,54-51-,56-53-. The summed E-state index contributed by atoms with van der Waals surface area (Å²) in [6.45, 7) is 6.33. The molecule has 0 radical (unpaired) electrons. The van der Waals surface area contributed by atoms with Gasteiger partial charge < -0.3 is 14.2 Å². The smallest absolute Gasteiger partial charge is 0.306 e. The lowest BCUT2D eigenvalue weighted by Crippen LogP contribution is -2.30. The van der Waals surface area contributed by atoms with Gasteiger partial charge in [-0.25, -0.2) is 0 Å². The lowest BCUT2D eigenvalue weighted by Gasteiger charge is -2.18. The largest absolute Gasteiger partial charge is 0.462 e. The molecule has 0 rings (SSSR count). The van der Waals surface area contributed by atoms with Crippen LogP contribution < -0.4 is 0 Å². The predicted molar refractivity (Wildman–Crippen MR) is 338 cm³/mol. The van der Waals surface area contributed by atoms with Crippen LogP contribution in [-0.4, -0.2) is 37.2 Å². The average Bonchev–Trinajstić information content (AvgIpc) is 3.44. The van der Waals surface area contributed by atoms with Crippen molar-refractivity contribution < 1.29 is 28.6 Å². The molecule has 1 unspecified atom stereocenters. The highest BCUT2D eigenvalue weighted by atomic mass is 16.6. The molecule has 0 bridgehead atoms. The molecule has 78 heavy (non-hydrogen) atoms. The molecule has 0 spiro atoms.